The van der Waals surface area contributed by atoms with Crippen molar-refractivity contribution in [2.75, 3.05) is 13.2 Å². The zero-order valence-corrected chi connectivity index (χ0v) is 7.47. The summed E-state index contributed by atoms with van der Waals surface area (Å²) in [6.45, 7) is 5.66. The average molecular weight is 158 g/mol. The molecule has 0 unspecified atom stereocenters. The number of ether oxygens (including phenoxy) is 1. The number of rotatable bonds is 3. The Balaban J connectivity index is 2.52. The molecule has 0 aromatic carbocycles. The van der Waals surface area contributed by atoms with Crippen LogP contribution in [0.2, 0.25) is 0 Å². The summed E-state index contributed by atoms with van der Waals surface area (Å²) in [5.41, 5.74) is -0.462. The van der Waals surface area contributed by atoms with E-state index in [0.29, 0.717) is 5.92 Å². The summed E-state index contributed by atoms with van der Waals surface area (Å²) in [5.74, 6) is 0.373. The Morgan fingerprint density at radius 2 is 2.09 bits per heavy atom. The van der Waals surface area contributed by atoms with Gasteiger partial charge in [-0.2, -0.15) is 0 Å². The van der Waals surface area contributed by atoms with Crippen LogP contribution >= 0.6 is 0 Å². The molecular formula is C9H18O2. The van der Waals surface area contributed by atoms with E-state index in [0.717, 1.165) is 32.5 Å². The van der Waals surface area contributed by atoms with E-state index in [4.69, 9.17) is 4.74 Å². The van der Waals surface area contributed by atoms with Gasteiger partial charge in [0.15, 0.2) is 0 Å². The SMILES string of the molecule is CCC(O)(CC)[C@@H]1CCOC1. The Morgan fingerprint density at radius 3 is 2.45 bits per heavy atom. The molecule has 0 aromatic rings. The highest BCUT2D eigenvalue weighted by atomic mass is 16.5. The van der Waals surface area contributed by atoms with Crippen LogP contribution in [0.5, 0.6) is 0 Å². The van der Waals surface area contributed by atoms with E-state index in [1.54, 1.807) is 0 Å². The maximum absolute atomic E-state index is 10.0. The molecular weight excluding hydrogens is 140 g/mol. The van der Waals surface area contributed by atoms with E-state index in [1.807, 2.05) is 13.8 Å². The van der Waals surface area contributed by atoms with Gasteiger partial charge in [-0.15, -0.1) is 0 Å². The first-order chi connectivity index (χ1) is 5.23. The van der Waals surface area contributed by atoms with E-state index in [-0.39, 0.29) is 0 Å². The topological polar surface area (TPSA) is 29.5 Å². The Morgan fingerprint density at radius 1 is 1.45 bits per heavy atom. The standard InChI is InChI=1S/C9H18O2/c1-3-9(10,4-2)8-5-6-11-7-8/h8,10H,3-7H2,1-2H3/t8-/m1/s1. The highest BCUT2D eigenvalue weighted by Crippen LogP contribution is 2.31. The number of hydrogen-bond acceptors (Lipinski definition) is 2. The first kappa shape index (κ1) is 9.01. The Labute approximate surface area is 68.6 Å². The van der Waals surface area contributed by atoms with Crippen molar-refractivity contribution < 1.29 is 9.84 Å². The van der Waals surface area contributed by atoms with Gasteiger partial charge in [0.25, 0.3) is 0 Å². The first-order valence-corrected chi connectivity index (χ1v) is 4.53. The van der Waals surface area contributed by atoms with Gasteiger partial charge in [-0.25, -0.2) is 0 Å². The van der Waals surface area contributed by atoms with Gasteiger partial charge in [-0.1, -0.05) is 13.8 Å². The van der Waals surface area contributed by atoms with Crippen LogP contribution in [0.15, 0.2) is 0 Å². The molecule has 1 fully saturated rings. The van der Waals surface area contributed by atoms with Crippen LogP contribution in [0, 0.1) is 5.92 Å². The number of aliphatic hydroxyl groups is 1. The Bertz CT molecular complexity index is 113. The van der Waals surface area contributed by atoms with Crippen molar-refractivity contribution in [2.45, 2.75) is 38.7 Å². The number of hydrogen-bond donors (Lipinski definition) is 1. The second kappa shape index (κ2) is 3.55. The normalized spacial score (nSPS) is 25.9. The molecule has 2 nitrogen and oxygen atoms in total. The third-order valence-corrected chi connectivity index (χ3v) is 2.91. The molecule has 1 heterocycles. The van der Waals surface area contributed by atoms with Crippen LogP contribution in [0.3, 0.4) is 0 Å². The molecule has 0 saturated carbocycles. The largest absolute Gasteiger partial charge is 0.390 e. The average Bonchev–Trinajstić information content (AvgIpc) is 2.55. The van der Waals surface area contributed by atoms with Crippen LogP contribution in [0.4, 0.5) is 0 Å². The molecule has 0 spiro atoms. The van der Waals surface area contributed by atoms with Crippen molar-refractivity contribution >= 4 is 0 Å². The minimum atomic E-state index is -0.462. The van der Waals surface area contributed by atoms with Crippen molar-refractivity contribution in [3.8, 4) is 0 Å². The molecule has 0 aliphatic carbocycles. The van der Waals surface area contributed by atoms with Gasteiger partial charge in [0.2, 0.25) is 0 Å². The third kappa shape index (κ3) is 1.74. The molecule has 1 aliphatic rings. The fourth-order valence-electron chi connectivity index (χ4n) is 1.79. The molecule has 1 atom stereocenters. The lowest BCUT2D eigenvalue weighted by Crippen LogP contribution is -2.36. The summed E-state index contributed by atoms with van der Waals surface area (Å²) in [4.78, 5) is 0. The van der Waals surface area contributed by atoms with E-state index in [9.17, 15) is 5.11 Å². The molecule has 0 aromatic heterocycles. The predicted octanol–water partition coefficient (Wildman–Crippen LogP) is 1.57. The van der Waals surface area contributed by atoms with Gasteiger partial charge in [0.05, 0.1) is 12.2 Å². The molecule has 0 amide bonds. The lowest BCUT2D eigenvalue weighted by atomic mass is 9.82. The van der Waals surface area contributed by atoms with Gasteiger partial charge >= 0.3 is 0 Å². The quantitative estimate of drug-likeness (QED) is 0.675. The van der Waals surface area contributed by atoms with E-state index >= 15 is 0 Å². The molecule has 0 bridgehead atoms. The monoisotopic (exact) mass is 158 g/mol. The fraction of sp³-hybridized carbons (Fsp3) is 1.00. The maximum atomic E-state index is 10.0. The molecule has 1 rings (SSSR count). The summed E-state index contributed by atoms with van der Waals surface area (Å²) in [5, 5.41) is 10.0. The molecule has 1 N–H and O–H groups in total. The molecule has 66 valence electrons. The summed E-state index contributed by atoms with van der Waals surface area (Å²) >= 11 is 0. The smallest absolute Gasteiger partial charge is 0.0693 e. The van der Waals surface area contributed by atoms with Crippen molar-refractivity contribution in [2.24, 2.45) is 5.92 Å². The minimum absolute atomic E-state index is 0.373. The van der Waals surface area contributed by atoms with Gasteiger partial charge in [-0.3, -0.25) is 0 Å². The zero-order valence-electron chi connectivity index (χ0n) is 7.47. The lowest BCUT2D eigenvalue weighted by molar-refractivity contribution is -0.0283. The summed E-state index contributed by atoms with van der Waals surface area (Å²) in [6, 6.07) is 0. The van der Waals surface area contributed by atoms with Gasteiger partial charge in [-0.05, 0) is 19.3 Å². The summed E-state index contributed by atoms with van der Waals surface area (Å²) in [7, 11) is 0. The van der Waals surface area contributed by atoms with Crippen LogP contribution in [-0.2, 0) is 4.74 Å². The Kier molecular flexibility index (Phi) is 2.90. The second-order valence-electron chi connectivity index (χ2n) is 3.37. The molecule has 1 aliphatic heterocycles. The Hall–Kier alpha value is -0.0800. The van der Waals surface area contributed by atoms with E-state index in [2.05, 4.69) is 0 Å². The van der Waals surface area contributed by atoms with Crippen molar-refractivity contribution in [1.29, 1.82) is 0 Å². The highest BCUT2D eigenvalue weighted by molar-refractivity contribution is 4.86. The van der Waals surface area contributed by atoms with Crippen molar-refractivity contribution in [1.82, 2.24) is 0 Å². The maximum Gasteiger partial charge on any atom is 0.0693 e. The zero-order chi connectivity index (χ0) is 8.32. The summed E-state index contributed by atoms with van der Waals surface area (Å²) in [6.07, 6.45) is 2.72. The summed E-state index contributed by atoms with van der Waals surface area (Å²) < 4.78 is 5.25. The first-order valence-electron chi connectivity index (χ1n) is 4.53. The van der Waals surface area contributed by atoms with Crippen LogP contribution < -0.4 is 0 Å². The lowest BCUT2D eigenvalue weighted by Gasteiger charge is -2.30. The molecule has 0 radical (unpaired) electrons. The second-order valence-corrected chi connectivity index (χ2v) is 3.37. The van der Waals surface area contributed by atoms with E-state index in [1.165, 1.54) is 0 Å². The molecule has 11 heavy (non-hydrogen) atoms. The fourth-order valence-corrected chi connectivity index (χ4v) is 1.79. The molecule has 2 heteroatoms. The predicted molar refractivity (Wildman–Crippen MR) is 44.5 cm³/mol. The van der Waals surface area contributed by atoms with E-state index < -0.39 is 5.60 Å². The van der Waals surface area contributed by atoms with Crippen LogP contribution in [0.1, 0.15) is 33.1 Å². The minimum Gasteiger partial charge on any atom is -0.390 e. The van der Waals surface area contributed by atoms with Gasteiger partial charge < -0.3 is 9.84 Å². The van der Waals surface area contributed by atoms with Crippen LogP contribution in [0.25, 0.3) is 0 Å². The third-order valence-electron chi connectivity index (χ3n) is 2.91. The van der Waals surface area contributed by atoms with Gasteiger partial charge in [0, 0.05) is 12.5 Å². The molecule has 1 saturated heterocycles. The van der Waals surface area contributed by atoms with Crippen molar-refractivity contribution in [3.05, 3.63) is 0 Å². The highest BCUT2D eigenvalue weighted by Gasteiger charge is 2.35. The van der Waals surface area contributed by atoms with Crippen LogP contribution in [-0.4, -0.2) is 23.9 Å². The van der Waals surface area contributed by atoms with Gasteiger partial charge in [0.1, 0.15) is 0 Å². The van der Waals surface area contributed by atoms with Crippen molar-refractivity contribution in [3.63, 3.8) is 0 Å².